The summed E-state index contributed by atoms with van der Waals surface area (Å²) in [7, 11) is 1.55. The number of hydrogen-bond acceptors (Lipinski definition) is 5. The van der Waals surface area contributed by atoms with Crippen LogP contribution in [0.2, 0.25) is 5.02 Å². The Bertz CT molecular complexity index is 1620. The molecule has 0 spiro atoms. The average molecular weight is 575 g/mol. The molecule has 0 unspecified atom stereocenters. The summed E-state index contributed by atoms with van der Waals surface area (Å²) in [5, 5.41) is 3.49. The SMILES string of the molecule is COc1ccc(CCNC(=O)c2ccc3c(c2)N(Cc2cccc(Cl)c2)C(=O)c2ccccc2[S@@]3=O)cc1OC. The van der Waals surface area contributed by atoms with Crippen molar-refractivity contribution in [3.05, 3.63) is 112 Å². The molecule has 1 N–H and O–H groups in total. The molecule has 4 aromatic carbocycles. The van der Waals surface area contributed by atoms with Gasteiger partial charge in [0.15, 0.2) is 11.5 Å². The summed E-state index contributed by atoms with van der Waals surface area (Å²) in [5.74, 6) is 0.659. The molecule has 1 heterocycles. The van der Waals surface area contributed by atoms with Crippen LogP contribution in [0.3, 0.4) is 0 Å². The van der Waals surface area contributed by atoms with E-state index in [1.165, 1.54) is 0 Å². The van der Waals surface area contributed by atoms with Crippen LogP contribution < -0.4 is 19.7 Å². The number of halogens is 1. The fourth-order valence-corrected chi connectivity index (χ4v) is 6.20. The zero-order valence-corrected chi connectivity index (χ0v) is 23.6. The molecule has 1 atom stereocenters. The minimum atomic E-state index is -1.61. The van der Waals surface area contributed by atoms with E-state index in [1.54, 1.807) is 73.7 Å². The maximum Gasteiger partial charge on any atom is 0.259 e. The summed E-state index contributed by atoms with van der Waals surface area (Å²) in [6.45, 7) is 0.580. The van der Waals surface area contributed by atoms with Gasteiger partial charge in [-0.15, -0.1) is 0 Å². The van der Waals surface area contributed by atoms with Gasteiger partial charge in [0.25, 0.3) is 11.8 Å². The van der Waals surface area contributed by atoms with Gasteiger partial charge in [0.1, 0.15) is 0 Å². The minimum absolute atomic E-state index is 0.197. The fraction of sp³-hybridized carbons (Fsp3) is 0.161. The second-order valence-electron chi connectivity index (χ2n) is 9.16. The highest BCUT2D eigenvalue weighted by atomic mass is 35.5. The molecule has 4 aromatic rings. The van der Waals surface area contributed by atoms with Crippen LogP contribution in [0.4, 0.5) is 5.69 Å². The number of methoxy groups -OCH3 is 2. The van der Waals surface area contributed by atoms with Crippen LogP contribution in [-0.4, -0.2) is 36.8 Å². The molecule has 0 saturated carbocycles. The molecule has 0 fully saturated rings. The van der Waals surface area contributed by atoms with Crippen LogP contribution in [0.5, 0.6) is 11.5 Å². The number of ether oxygens (including phenoxy) is 2. The Hall–Kier alpha value is -4.14. The summed E-state index contributed by atoms with van der Waals surface area (Å²) in [5.41, 5.74) is 2.93. The Morgan fingerprint density at radius 3 is 2.45 bits per heavy atom. The van der Waals surface area contributed by atoms with Crippen LogP contribution in [0, 0.1) is 0 Å². The number of rotatable bonds is 8. The maximum atomic E-state index is 13.8. The highest BCUT2D eigenvalue weighted by Crippen LogP contribution is 2.36. The van der Waals surface area contributed by atoms with Crippen molar-refractivity contribution in [2.75, 3.05) is 25.7 Å². The second kappa shape index (κ2) is 11.9. The number of fused-ring (bicyclic) bond motifs is 2. The third-order valence-electron chi connectivity index (χ3n) is 6.65. The summed E-state index contributed by atoms with van der Waals surface area (Å²) in [6, 6.07) is 24.7. The summed E-state index contributed by atoms with van der Waals surface area (Å²) < 4.78 is 24.3. The van der Waals surface area contributed by atoms with Gasteiger partial charge in [-0.05, 0) is 72.1 Å². The topological polar surface area (TPSA) is 84.9 Å². The Labute approximate surface area is 240 Å². The smallest absolute Gasteiger partial charge is 0.259 e. The average Bonchev–Trinajstić information content (AvgIpc) is 3.06. The molecule has 0 bridgehead atoms. The summed E-state index contributed by atoms with van der Waals surface area (Å²) >= 11 is 6.21. The van der Waals surface area contributed by atoms with E-state index in [0.717, 1.165) is 11.1 Å². The standard InChI is InChI=1S/C31H27ClN2O5S/c1-38-26-12-10-20(17-27(26)39-2)14-15-33-30(35)22-11-13-29-25(18-22)34(19-21-6-5-7-23(32)16-21)31(36)24-8-3-4-9-28(24)40(29)37/h3-13,16-18H,14-15,19H2,1-2H3,(H,33,35)/t40-/m0/s1. The maximum absolute atomic E-state index is 13.8. The van der Waals surface area contributed by atoms with Crippen molar-refractivity contribution in [2.45, 2.75) is 22.8 Å². The highest BCUT2D eigenvalue weighted by Gasteiger charge is 2.31. The first-order chi connectivity index (χ1) is 19.4. The van der Waals surface area contributed by atoms with Gasteiger partial charge < -0.3 is 19.7 Å². The Morgan fingerprint density at radius 2 is 1.68 bits per heavy atom. The molecule has 0 aliphatic carbocycles. The van der Waals surface area contributed by atoms with Gasteiger partial charge >= 0.3 is 0 Å². The van der Waals surface area contributed by atoms with E-state index in [9.17, 15) is 13.8 Å². The zero-order chi connectivity index (χ0) is 28.2. The number of carbonyl (C=O) groups excluding carboxylic acids is 2. The normalized spacial score (nSPS) is 14.1. The number of amides is 2. The van der Waals surface area contributed by atoms with Crippen LogP contribution in [-0.2, 0) is 23.8 Å². The van der Waals surface area contributed by atoms with Crippen LogP contribution in [0.1, 0.15) is 31.8 Å². The molecule has 0 radical (unpaired) electrons. The van der Waals surface area contributed by atoms with E-state index >= 15 is 0 Å². The van der Waals surface area contributed by atoms with Gasteiger partial charge in [-0.3, -0.25) is 9.59 Å². The van der Waals surface area contributed by atoms with Gasteiger partial charge in [0.2, 0.25) is 0 Å². The number of carbonyl (C=O) groups is 2. The quantitative estimate of drug-likeness (QED) is 0.294. The highest BCUT2D eigenvalue weighted by molar-refractivity contribution is 7.85. The molecule has 5 rings (SSSR count). The van der Waals surface area contributed by atoms with Crippen molar-refractivity contribution in [1.82, 2.24) is 5.32 Å². The number of benzene rings is 4. The Morgan fingerprint density at radius 1 is 0.875 bits per heavy atom. The van der Waals surface area contributed by atoms with Gasteiger partial charge in [0, 0.05) is 17.1 Å². The lowest BCUT2D eigenvalue weighted by Gasteiger charge is -2.24. The largest absolute Gasteiger partial charge is 0.493 e. The van der Waals surface area contributed by atoms with Crippen molar-refractivity contribution in [2.24, 2.45) is 0 Å². The molecule has 0 aromatic heterocycles. The van der Waals surface area contributed by atoms with Crippen LogP contribution >= 0.6 is 11.6 Å². The van der Waals surface area contributed by atoms with Gasteiger partial charge in [0.05, 0.1) is 52.6 Å². The molecular formula is C31H27ClN2O5S. The number of nitrogens with one attached hydrogen (secondary N) is 1. The van der Waals surface area contributed by atoms with Crippen molar-refractivity contribution in [3.63, 3.8) is 0 Å². The van der Waals surface area contributed by atoms with E-state index in [-0.39, 0.29) is 18.4 Å². The lowest BCUT2D eigenvalue weighted by atomic mass is 10.1. The third kappa shape index (κ3) is 5.59. The Kier molecular flexibility index (Phi) is 8.19. The molecule has 0 saturated heterocycles. The number of anilines is 1. The summed E-state index contributed by atoms with van der Waals surface area (Å²) in [4.78, 5) is 29.4. The van der Waals surface area contributed by atoms with Gasteiger partial charge in [-0.2, -0.15) is 0 Å². The molecule has 204 valence electrons. The van der Waals surface area contributed by atoms with Crippen molar-refractivity contribution >= 4 is 39.9 Å². The van der Waals surface area contributed by atoms with Gasteiger partial charge in [-0.25, -0.2) is 4.21 Å². The Balaban J connectivity index is 1.43. The van der Waals surface area contributed by atoms with E-state index in [4.69, 9.17) is 21.1 Å². The molecule has 7 nitrogen and oxygen atoms in total. The van der Waals surface area contributed by atoms with E-state index in [2.05, 4.69) is 5.32 Å². The fourth-order valence-electron chi connectivity index (χ4n) is 4.64. The van der Waals surface area contributed by atoms with Crippen LogP contribution in [0.15, 0.2) is 94.7 Å². The van der Waals surface area contributed by atoms with E-state index < -0.39 is 10.8 Å². The van der Waals surface area contributed by atoms with E-state index in [1.807, 2.05) is 30.3 Å². The predicted octanol–water partition coefficient (Wildman–Crippen LogP) is 5.66. The first-order valence-electron chi connectivity index (χ1n) is 12.6. The second-order valence-corrected chi connectivity index (χ2v) is 11.0. The van der Waals surface area contributed by atoms with Crippen LogP contribution in [0.25, 0.3) is 0 Å². The number of hydrogen-bond donors (Lipinski definition) is 1. The lowest BCUT2D eigenvalue weighted by molar-refractivity contribution is 0.0950. The first kappa shape index (κ1) is 27.4. The van der Waals surface area contributed by atoms with Crippen molar-refractivity contribution in [3.8, 4) is 11.5 Å². The van der Waals surface area contributed by atoms with Crippen molar-refractivity contribution in [1.29, 1.82) is 0 Å². The summed E-state index contributed by atoms with van der Waals surface area (Å²) in [6.07, 6.45) is 0.579. The van der Waals surface area contributed by atoms with Gasteiger partial charge in [-0.1, -0.05) is 41.9 Å². The monoisotopic (exact) mass is 574 g/mol. The van der Waals surface area contributed by atoms with Crippen molar-refractivity contribution < 1.29 is 23.3 Å². The predicted molar refractivity (Wildman–Crippen MR) is 155 cm³/mol. The molecular weight excluding hydrogens is 548 g/mol. The third-order valence-corrected chi connectivity index (χ3v) is 8.39. The zero-order valence-electron chi connectivity index (χ0n) is 22.0. The molecule has 9 heteroatoms. The lowest BCUT2D eigenvalue weighted by Crippen LogP contribution is -2.31. The molecule has 2 amide bonds. The van der Waals surface area contributed by atoms with E-state index in [0.29, 0.717) is 56.1 Å². The molecule has 1 aliphatic heterocycles. The minimum Gasteiger partial charge on any atom is -0.493 e. The number of nitrogens with zero attached hydrogens (tertiary/aromatic N) is 1. The first-order valence-corrected chi connectivity index (χ1v) is 14.1. The molecule has 40 heavy (non-hydrogen) atoms. The molecule has 1 aliphatic rings.